The Labute approximate surface area is 318 Å². The van der Waals surface area contributed by atoms with Crippen molar-refractivity contribution in [1.29, 1.82) is 0 Å². The molecule has 3 aromatic carbocycles. The summed E-state index contributed by atoms with van der Waals surface area (Å²) in [5.41, 5.74) is 2.53. The van der Waals surface area contributed by atoms with E-state index in [4.69, 9.17) is 52.1 Å². The fourth-order valence-electron chi connectivity index (χ4n) is 3.47. The van der Waals surface area contributed by atoms with E-state index in [-0.39, 0.29) is 43.3 Å². The molecule has 0 aliphatic carbocycles. The molecule has 3 aromatic rings. The number of rotatable bonds is 13. The highest BCUT2D eigenvalue weighted by molar-refractivity contribution is 8.13. The Morgan fingerprint density at radius 2 is 0.981 bits per heavy atom. The van der Waals surface area contributed by atoms with Crippen LogP contribution in [-0.4, -0.2) is 78.9 Å². The summed E-state index contributed by atoms with van der Waals surface area (Å²) >= 11 is 4.20. The zero-order valence-electron chi connectivity index (χ0n) is 29.3. The fourth-order valence-corrected chi connectivity index (χ4v) is 4.57. The van der Waals surface area contributed by atoms with Crippen molar-refractivity contribution < 1.29 is 64.2 Å². The number of para-hydroxylation sites is 1. The lowest BCUT2D eigenvalue weighted by atomic mass is 10.2. The lowest BCUT2D eigenvalue weighted by Gasteiger charge is -2.09. The predicted molar refractivity (Wildman–Crippen MR) is 198 cm³/mol. The molecule has 290 valence electrons. The maximum atomic E-state index is 11.1. The lowest BCUT2D eigenvalue weighted by Crippen LogP contribution is -2.15. The molecule has 14 nitrogen and oxygen atoms in total. The molecule has 0 aliphatic heterocycles. The van der Waals surface area contributed by atoms with Crippen molar-refractivity contribution in [2.45, 2.75) is 51.3 Å². The van der Waals surface area contributed by atoms with E-state index in [1.165, 1.54) is 18.2 Å². The molecule has 0 aliphatic rings. The van der Waals surface area contributed by atoms with Gasteiger partial charge in [0.05, 0.1) is 24.7 Å². The van der Waals surface area contributed by atoms with Crippen molar-refractivity contribution in [3.63, 3.8) is 0 Å². The highest BCUT2D eigenvalue weighted by Gasteiger charge is 2.13. The molecule has 0 bridgehead atoms. The summed E-state index contributed by atoms with van der Waals surface area (Å²) in [5, 5.41) is 0. The summed E-state index contributed by atoms with van der Waals surface area (Å²) in [5.74, 6) is 0.641. The first-order chi connectivity index (χ1) is 24.2. The van der Waals surface area contributed by atoms with Crippen LogP contribution in [0.1, 0.15) is 37.5 Å². The number of ether oxygens (including phenoxy) is 6. The molecule has 1 N–H and O–H groups in total. The first-order valence-corrected chi connectivity index (χ1v) is 20.2. The Bertz CT molecular complexity index is 1790. The summed E-state index contributed by atoms with van der Waals surface area (Å²) in [7, 11) is 1.32. The van der Waals surface area contributed by atoms with Gasteiger partial charge in [0.2, 0.25) is 0 Å². The second kappa shape index (κ2) is 25.3. The minimum atomic E-state index is -4.19. The van der Waals surface area contributed by atoms with E-state index in [1.54, 1.807) is 33.8 Å². The molecule has 0 atom stereocenters. The number of carbonyl (C=O) groups excluding carboxylic acids is 3. The molecule has 0 unspecified atom stereocenters. The number of thiol groups is 1. The van der Waals surface area contributed by atoms with Gasteiger partial charge >= 0.3 is 27.2 Å². The Balaban J connectivity index is 0.000000708. The van der Waals surface area contributed by atoms with Crippen LogP contribution in [0.25, 0.3) is 0 Å². The molecule has 3 rings (SSSR count). The quantitative estimate of drug-likeness (QED) is 0.0664. The van der Waals surface area contributed by atoms with Gasteiger partial charge in [-0.05, 0) is 101 Å². The molecule has 52 heavy (non-hydrogen) atoms. The monoisotopic (exact) mass is 828 g/mol. The number of hydrogen-bond donors (Lipinski definition) is 2. The molecule has 19 heteroatoms. The molecule has 0 saturated heterocycles. The van der Waals surface area contributed by atoms with Crippen molar-refractivity contribution in [1.82, 2.24) is 0 Å². The van der Waals surface area contributed by atoms with Gasteiger partial charge in [-0.3, -0.25) is 4.55 Å². The maximum absolute atomic E-state index is 11.1. The van der Waals surface area contributed by atoms with Crippen molar-refractivity contribution >= 4 is 70.3 Å². The summed E-state index contributed by atoms with van der Waals surface area (Å²) in [6.07, 6.45) is 0. The van der Waals surface area contributed by atoms with Crippen LogP contribution in [-0.2, 0) is 47.0 Å². The molecule has 0 saturated carbocycles. The minimum Gasteiger partial charge on any atom is -0.482 e. The third-order valence-corrected chi connectivity index (χ3v) is 7.26. The van der Waals surface area contributed by atoms with Crippen molar-refractivity contribution in [3.8, 4) is 17.2 Å². The number of aryl methyl sites for hydroxylation is 3. The molecule has 0 aromatic heterocycles. The van der Waals surface area contributed by atoms with Gasteiger partial charge in [0.25, 0.3) is 9.05 Å². The van der Waals surface area contributed by atoms with E-state index in [2.05, 4.69) is 23.3 Å². The van der Waals surface area contributed by atoms with Crippen molar-refractivity contribution in [3.05, 3.63) is 77.4 Å². The summed E-state index contributed by atoms with van der Waals surface area (Å²) in [6, 6.07) is 17.2. The topological polar surface area (TPSA) is 195 Å². The second-order valence-corrected chi connectivity index (χ2v) is 14.9. The van der Waals surface area contributed by atoms with E-state index >= 15 is 0 Å². The Hall–Kier alpha value is -3.74. The van der Waals surface area contributed by atoms with E-state index < -0.39 is 24.4 Å². The van der Waals surface area contributed by atoms with Crippen LogP contribution in [0.2, 0.25) is 0 Å². The van der Waals surface area contributed by atoms with Crippen LogP contribution in [0.5, 0.6) is 17.2 Å². The number of carbonyl (C=O) groups is 3. The first-order valence-electron chi connectivity index (χ1n) is 15.1. The zero-order chi connectivity index (χ0) is 39.9. The molecule has 0 fully saturated rings. The van der Waals surface area contributed by atoms with Gasteiger partial charge in [-0.15, -0.1) is 12.6 Å². The Morgan fingerprint density at radius 3 is 1.33 bits per heavy atom. The zero-order valence-corrected chi connectivity index (χ0v) is 33.3. The van der Waals surface area contributed by atoms with Gasteiger partial charge in [0, 0.05) is 26.3 Å². The van der Waals surface area contributed by atoms with Crippen molar-refractivity contribution in [2.75, 3.05) is 39.6 Å². The van der Waals surface area contributed by atoms with E-state index in [9.17, 15) is 22.8 Å². The van der Waals surface area contributed by atoms with Gasteiger partial charge in [-0.25, -0.2) is 22.8 Å². The maximum Gasteiger partial charge on any atom is 0.353 e. The highest BCUT2D eigenvalue weighted by atomic mass is 35.7. The molecule has 0 spiro atoms. The van der Waals surface area contributed by atoms with Gasteiger partial charge in [-0.2, -0.15) is 8.42 Å². The smallest absolute Gasteiger partial charge is 0.353 e. The Morgan fingerprint density at radius 1 is 0.615 bits per heavy atom. The van der Waals surface area contributed by atoms with E-state index in [1.807, 2.05) is 50.2 Å². The average Bonchev–Trinajstić information content (AvgIpc) is 3.03. The number of halogens is 2. The summed E-state index contributed by atoms with van der Waals surface area (Å²) < 4.78 is 77.3. The van der Waals surface area contributed by atoms with Crippen LogP contribution < -0.4 is 14.2 Å². The van der Waals surface area contributed by atoms with E-state index in [0.717, 1.165) is 21.8 Å². The second-order valence-electron chi connectivity index (χ2n) is 9.77. The number of benzene rings is 3. The van der Waals surface area contributed by atoms with Crippen LogP contribution in [0.3, 0.4) is 0 Å². The Kier molecular flexibility index (Phi) is 23.5. The lowest BCUT2D eigenvalue weighted by molar-refractivity contribution is -0.146. The number of hydrogen-bond acceptors (Lipinski definition) is 14. The number of esters is 3. The fraction of sp³-hybridized carbons (Fsp3) is 0.364. The SMILES string of the molecule is CCOC(=O)COc1ccc(S(=O)(=O)Cl)cc1C.CCOC(=O)COc1ccc(S)cc1C.CCOC(=O)COc1ccccc1C.O=S(=O)(O)Cl. The largest absolute Gasteiger partial charge is 0.482 e. The molecular formula is C33H42Cl2O14S3. The normalized spacial score (nSPS) is 10.3. The van der Waals surface area contributed by atoms with Crippen LogP contribution in [0.4, 0.5) is 0 Å². The first kappa shape index (κ1) is 48.3. The minimum absolute atomic E-state index is 0.00912. The van der Waals surface area contributed by atoms with Crippen LogP contribution in [0.15, 0.2) is 70.5 Å². The van der Waals surface area contributed by atoms with Crippen LogP contribution >= 0.6 is 34.0 Å². The van der Waals surface area contributed by atoms with Crippen LogP contribution in [0, 0.1) is 20.8 Å². The molecule has 0 amide bonds. The molecule has 0 radical (unpaired) electrons. The van der Waals surface area contributed by atoms with Gasteiger partial charge < -0.3 is 28.4 Å². The van der Waals surface area contributed by atoms with E-state index in [0.29, 0.717) is 30.3 Å². The standard InChI is InChI=1S/C11H13ClO5S.C11H14O3S.C11H14O3.ClHO3S/c1-3-16-11(13)7-17-10-5-4-9(6-8(10)2)18(12,14)15;1-3-13-11(12)7-14-10-5-4-9(15)6-8(10)2;1-3-13-11(12)8-14-10-7-5-4-6-9(10)2;1-5(2,3)4/h4-6H,3,7H2,1-2H3;4-6,15H,3,7H2,1-2H3;4-7H,3,8H2,1-2H3;(H,2,3,4). The predicted octanol–water partition coefficient (Wildman–Crippen LogP) is 6.05. The summed E-state index contributed by atoms with van der Waals surface area (Å²) in [6.45, 7) is 11.5. The molecular weight excluding hydrogens is 787 g/mol. The summed E-state index contributed by atoms with van der Waals surface area (Å²) in [4.78, 5) is 34.0. The van der Waals surface area contributed by atoms with Gasteiger partial charge in [0.1, 0.15) is 17.2 Å². The van der Waals surface area contributed by atoms with Gasteiger partial charge in [-0.1, -0.05) is 18.2 Å². The average molecular weight is 830 g/mol. The third kappa shape index (κ3) is 23.7. The highest BCUT2D eigenvalue weighted by Crippen LogP contribution is 2.24. The molecule has 0 heterocycles. The third-order valence-electron chi connectivity index (χ3n) is 5.63. The van der Waals surface area contributed by atoms with Gasteiger partial charge in [0.15, 0.2) is 19.8 Å². The van der Waals surface area contributed by atoms with Crippen molar-refractivity contribution in [2.24, 2.45) is 0 Å².